The summed E-state index contributed by atoms with van der Waals surface area (Å²) in [5.41, 5.74) is 0. The summed E-state index contributed by atoms with van der Waals surface area (Å²) < 4.78 is 37.0. The molecule has 1 spiro atoms. The molecule has 3 atom stereocenters. The van der Waals surface area contributed by atoms with Gasteiger partial charge in [-0.05, 0) is 31.9 Å². The number of Topliss-reactive ketones (excluding diaryl/α,β-unsaturated/α-hetero) is 1. The lowest BCUT2D eigenvalue weighted by Gasteiger charge is -2.35. The Labute approximate surface area is 124 Å². The first kappa shape index (κ1) is 14.7. The van der Waals surface area contributed by atoms with Crippen molar-refractivity contribution in [3.8, 4) is 0 Å². The van der Waals surface area contributed by atoms with Crippen LogP contribution in [0.2, 0.25) is 0 Å². The van der Waals surface area contributed by atoms with Gasteiger partial charge in [0.05, 0.1) is 17.6 Å². The molecule has 0 bridgehead atoms. The molecule has 2 saturated heterocycles. The highest BCUT2D eigenvalue weighted by Gasteiger charge is 2.60. The van der Waals surface area contributed by atoms with E-state index in [1.807, 2.05) is 0 Å². The molecule has 0 N–H and O–H groups in total. The van der Waals surface area contributed by atoms with Gasteiger partial charge in [0, 0.05) is 6.42 Å². The van der Waals surface area contributed by atoms with Crippen LogP contribution < -0.4 is 0 Å². The van der Waals surface area contributed by atoms with Crippen LogP contribution in [0.5, 0.6) is 0 Å². The quantitative estimate of drug-likeness (QED) is 0.832. The maximum Gasteiger partial charge on any atom is 0.246 e. The van der Waals surface area contributed by atoms with Gasteiger partial charge in [-0.15, -0.1) is 0 Å². The number of sulfone groups is 1. The fourth-order valence-electron chi connectivity index (χ4n) is 3.07. The first-order chi connectivity index (χ1) is 9.97. The summed E-state index contributed by atoms with van der Waals surface area (Å²) in [6.07, 6.45) is 0.850. The summed E-state index contributed by atoms with van der Waals surface area (Å²) in [4.78, 5) is 12.5. The van der Waals surface area contributed by atoms with E-state index in [0.717, 1.165) is 0 Å². The molecule has 0 radical (unpaired) electrons. The third kappa shape index (κ3) is 2.31. The zero-order valence-corrected chi connectivity index (χ0v) is 12.6. The molecule has 1 aromatic carbocycles. The summed E-state index contributed by atoms with van der Waals surface area (Å²) in [7, 11) is -3.68. The predicted octanol–water partition coefficient (Wildman–Crippen LogP) is 1.71. The van der Waals surface area contributed by atoms with E-state index in [1.165, 1.54) is 0 Å². The van der Waals surface area contributed by atoms with Crippen molar-refractivity contribution in [2.75, 3.05) is 6.61 Å². The Kier molecular flexibility index (Phi) is 3.63. The second-order valence-corrected chi connectivity index (χ2v) is 7.68. The van der Waals surface area contributed by atoms with Crippen molar-refractivity contribution in [2.45, 2.75) is 48.2 Å². The van der Waals surface area contributed by atoms with Crippen molar-refractivity contribution in [1.29, 1.82) is 0 Å². The first-order valence-corrected chi connectivity index (χ1v) is 8.65. The van der Waals surface area contributed by atoms with Gasteiger partial charge in [0.15, 0.2) is 15.6 Å². The molecule has 2 heterocycles. The maximum absolute atomic E-state index is 12.9. The number of hydrogen-bond acceptors (Lipinski definition) is 5. The van der Waals surface area contributed by atoms with Gasteiger partial charge in [-0.2, -0.15) is 0 Å². The van der Waals surface area contributed by atoms with Crippen LogP contribution in [0.15, 0.2) is 35.2 Å². The Morgan fingerprint density at radius 3 is 2.62 bits per heavy atom. The molecule has 0 aliphatic carbocycles. The number of benzene rings is 1. The Bertz CT molecular complexity index is 639. The van der Waals surface area contributed by atoms with E-state index in [9.17, 15) is 13.2 Å². The molecule has 0 unspecified atom stereocenters. The van der Waals surface area contributed by atoms with Gasteiger partial charge in [-0.1, -0.05) is 18.2 Å². The van der Waals surface area contributed by atoms with E-state index < -0.39 is 20.9 Å². The van der Waals surface area contributed by atoms with E-state index in [4.69, 9.17) is 9.47 Å². The van der Waals surface area contributed by atoms with Gasteiger partial charge in [0.25, 0.3) is 0 Å². The van der Waals surface area contributed by atoms with Crippen LogP contribution in [0.25, 0.3) is 0 Å². The zero-order chi connectivity index (χ0) is 15.1. The minimum absolute atomic E-state index is 0.203. The SMILES string of the molecule is C[C@H]1C[C@@H](S(=O)(=O)c2ccccc2)[C@]2(OCCCC2=O)O1. The van der Waals surface area contributed by atoms with Crippen LogP contribution in [-0.4, -0.2) is 37.9 Å². The van der Waals surface area contributed by atoms with Crippen molar-refractivity contribution in [1.82, 2.24) is 0 Å². The van der Waals surface area contributed by atoms with E-state index >= 15 is 0 Å². The average molecular weight is 310 g/mol. The van der Waals surface area contributed by atoms with E-state index in [2.05, 4.69) is 0 Å². The van der Waals surface area contributed by atoms with Gasteiger partial charge < -0.3 is 9.47 Å². The highest BCUT2D eigenvalue weighted by atomic mass is 32.2. The van der Waals surface area contributed by atoms with Crippen LogP contribution in [0.1, 0.15) is 26.2 Å². The molecule has 0 saturated carbocycles. The van der Waals surface area contributed by atoms with Crippen LogP contribution in [0.4, 0.5) is 0 Å². The number of carbonyl (C=O) groups excluding carboxylic acids is 1. The Morgan fingerprint density at radius 2 is 1.95 bits per heavy atom. The molecule has 21 heavy (non-hydrogen) atoms. The van der Waals surface area contributed by atoms with Crippen molar-refractivity contribution in [2.24, 2.45) is 0 Å². The molecule has 1 aromatic rings. The molecular weight excluding hydrogens is 292 g/mol. The van der Waals surface area contributed by atoms with Crippen LogP contribution in [-0.2, 0) is 24.1 Å². The highest BCUT2D eigenvalue weighted by Crippen LogP contribution is 2.42. The summed E-state index contributed by atoms with van der Waals surface area (Å²) in [6, 6.07) is 8.17. The van der Waals surface area contributed by atoms with Crippen molar-refractivity contribution in [3.05, 3.63) is 30.3 Å². The zero-order valence-electron chi connectivity index (χ0n) is 11.8. The van der Waals surface area contributed by atoms with Gasteiger partial charge >= 0.3 is 0 Å². The van der Waals surface area contributed by atoms with E-state index in [0.29, 0.717) is 19.4 Å². The van der Waals surface area contributed by atoms with E-state index in [1.54, 1.807) is 37.3 Å². The number of carbonyl (C=O) groups is 1. The lowest BCUT2D eigenvalue weighted by atomic mass is 10.0. The second-order valence-electron chi connectivity index (χ2n) is 5.55. The lowest BCUT2D eigenvalue weighted by Crippen LogP contribution is -2.55. The minimum Gasteiger partial charge on any atom is -0.343 e. The van der Waals surface area contributed by atoms with Crippen molar-refractivity contribution >= 4 is 15.6 Å². The highest BCUT2D eigenvalue weighted by molar-refractivity contribution is 7.92. The van der Waals surface area contributed by atoms with Gasteiger partial charge in [-0.25, -0.2) is 8.42 Å². The molecule has 0 amide bonds. The topological polar surface area (TPSA) is 69.7 Å². The molecule has 114 valence electrons. The third-order valence-corrected chi connectivity index (χ3v) is 6.23. The standard InChI is InChI=1S/C15H18O5S/c1-11-10-14(15(20-11)13(16)8-5-9-19-15)21(17,18)12-6-3-2-4-7-12/h2-4,6-7,11,14H,5,8-10H2,1H3/t11-,14+,15+/m0/s1. The average Bonchev–Trinajstić information content (AvgIpc) is 2.82. The number of rotatable bonds is 2. The number of hydrogen-bond donors (Lipinski definition) is 0. The molecule has 3 rings (SSSR count). The van der Waals surface area contributed by atoms with E-state index in [-0.39, 0.29) is 23.2 Å². The number of ketones is 1. The number of ether oxygens (including phenoxy) is 2. The Morgan fingerprint density at radius 1 is 1.24 bits per heavy atom. The van der Waals surface area contributed by atoms with Crippen LogP contribution in [0, 0.1) is 0 Å². The maximum atomic E-state index is 12.9. The summed E-state index contributed by atoms with van der Waals surface area (Å²) >= 11 is 0. The fraction of sp³-hybridized carbons (Fsp3) is 0.533. The largest absolute Gasteiger partial charge is 0.343 e. The third-order valence-electron chi connectivity index (χ3n) is 4.05. The molecule has 2 aliphatic heterocycles. The normalized spacial score (nSPS) is 33.5. The van der Waals surface area contributed by atoms with Crippen molar-refractivity contribution in [3.63, 3.8) is 0 Å². The van der Waals surface area contributed by atoms with Gasteiger partial charge in [0.1, 0.15) is 5.25 Å². The summed E-state index contributed by atoms with van der Waals surface area (Å²) in [6.45, 7) is 2.12. The monoisotopic (exact) mass is 310 g/mol. The molecule has 6 heteroatoms. The summed E-state index contributed by atoms with van der Waals surface area (Å²) in [5.74, 6) is -1.88. The molecule has 2 aliphatic rings. The summed E-state index contributed by atoms with van der Waals surface area (Å²) in [5, 5.41) is -0.977. The molecule has 2 fully saturated rings. The first-order valence-electron chi connectivity index (χ1n) is 7.11. The molecular formula is C15H18O5S. The second kappa shape index (κ2) is 5.19. The van der Waals surface area contributed by atoms with Crippen LogP contribution in [0.3, 0.4) is 0 Å². The van der Waals surface area contributed by atoms with Gasteiger partial charge in [-0.3, -0.25) is 4.79 Å². The Hall–Kier alpha value is -1.24. The molecule has 5 nitrogen and oxygen atoms in total. The molecule has 0 aromatic heterocycles. The lowest BCUT2D eigenvalue weighted by molar-refractivity contribution is -0.227. The smallest absolute Gasteiger partial charge is 0.246 e. The van der Waals surface area contributed by atoms with Gasteiger partial charge in [0.2, 0.25) is 5.79 Å². The van der Waals surface area contributed by atoms with Crippen molar-refractivity contribution < 1.29 is 22.7 Å². The minimum atomic E-state index is -3.68. The van der Waals surface area contributed by atoms with Crippen LogP contribution >= 0.6 is 0 Å². The predicted molar refractivity (Wildman–Crippen MR) is 75.5 cm³/mol. The Balaban J connectivity index is 2.05. The fourth-order valence-corrected chi connectivity index (χ4v) is 5.12.